The molecule has 0 unspecified atom stereocenters. The number of nitrogens with zero attached hydrogens (tertiary/aromatic N) is 5. The molecule has 10 heteroatoms. The first-order valence-corrected chi connectivity index (χ1v) is 15.5. The summed E-state index contributed by atoms with van der Waals surface area (Å²) < 4.78 is 32.5. The lowest BCUT2D eigenvalue weighted by Gasteiger charge is -2.27. The molecule has 0 radical (unpaired) electrons. The van der Waals surface area contributed by atoms with E-state index in [2.05, 4.69) is 31.9 Å². The van der Waals surface area contributed by atoms with Crippen molar-refractivity contribution in [2.24, 2.45) is 0 Å². The van der Waals surface area contributed by atoms with E-state index in [-0.39, 0.29) is 11.9 Å². The van der Waals surface area contributed by atoms with E-state index in [1.54, 1.807) is 39.7 Å². The number of ether oxygens (including phenoxy) is 3. The van der Waals surface area contributed by atoms with Crippen molar-refractivity contribution in [3.8, 4) is 34.1 Å². The minimum absolute atomic E-state index is 0.153. The summed E-state index contributed by atoms with van der Waals surface area (Å²) in [5.74, 6) is 2.88. The highest BCUT2D eigenvalue weighted by molar-refractivity contribution is 5.78. The fraction of sp³-hybridized carbons (Fsp3) is 0.306. The first-order chi connectivity index (χ1) is 22.5. The summed E-state index contributed by atoms with van der Waals surface area (Å²) in [6.07, 6.45) is 3.56. The molecule has 5 aromatic rings. The van der Waals surface area contributed by atoms with Gasteiger partial charge in [-0.25, -0.2) is 19.3 Å². The predicted molar refractivity (Wildman–Crippen MR) is 176 cm³/mol. The molecule has 1 N–H and O–H groups in total. The smallest absolute Gasteiger partial charge is 0.223 e. The van der Waals surface area contributed by atoms with Crippen molar-refractivity contribution in [3.05, 3.63) is 108 Å². The normalized spacial score (nSPS) is 14.0. The molecule has 6 rings (SSSR count). The van der Waals surface area contributed by atoms with E-state index in [4.69, 9.17) is 24.2 Å². The SMILES string of the molecule is COCCN(Cc1cccc(OC)c1)C[C@@H]1CCc2nc(-c3ccc(F)cc3)c(-c3ccnc(NCc4ccc(OC)cc4)n3)n21. The quantitative estimate of drug-likeness (QED) is 0.152. The van der Waals surface area contributed by atoms with E-state index < -0.39 is 0 Å². The molecule has 46 heavy (non-hydrogen) atoms. The highest BCUT2D eigenvalue weighted by Crippen LogP contribution is 2.39. The van der Waals surface area contributed by atoms with Crippen LogP contribution < -0.4 is 14.8 Å². The van der Waals surface area contributed by atoms with E-state index >= 15 is 0 Å². The summed E-state index contributed by atoms with van der Waals surface area (Å²) in [4.78, 5) is 17.0. The molecular weight excluding hydrogens is 583 g/mol. The predicted octanol–water partition coefficient (Wildman–Crippen LogP) is 6.41. The Morgan fingerprint density at radius 3 is 2.48 bits per heavy atom. The summed E-state index contributed by atoms with van der Waals surface area (Å²) in [6, 6.07) is 24.7. The molecule has 0 saturated heterocycles. The number of rotatable bonds is 14. The molecule has 0 saturated carbocycles. The lowest BCUT2D eigenvalue weighted by molar-refractivity contribution is 0.134. The van der Waals surface area contributed by atoms with E-state index in [0.717, 1.165) is 78.0 Å². The summed E-state index contributed by atoms with van der Waals surface area (Å²) in [6.45, 7) is 3.52. The van der Waals surface area contributed by atoms with Crippen LogP contribution in [0.5, 0.6) is 11.5 Å². The largest absolute Gasteiger partial charge is 0.497 e. The van der Waals surface area contributed by atoms with Crippen LogP contribution >= 0.6 is 0 Å². The van der Waals surface area contributed by atoms with Gasteiger partial charge in [0.2, 0.25) is 5.95 Å². The van der Waals surface area contributed by atoms with Crippen LogP contribution in [0.15, 0.2) is 85.1 Å². The average Bonchev–Trinajstić information content (AvgIpc) is 3.67. The topological polar surface area (TPSA) is 86.6 Å². The van der Waals surface area contributed by atoms with Crippen molar-refractivity contribution in [1.29, 1.82) is 0 Å². The van der Waals surface area contributed by atoms with E-state index in [0.29, 0.717) is 19.1 Å². The Labute approximate surface area is 269 Å². The zero-order chi connectivity index (χ0) is 31.9. The number of anilines is 1. The van der Waals surface area contributed by atoms with Crippen LogP contribution in [-0.4, -0.2) is 65.4 Å². The van der Waals surface area contributed by atoms with Crippen molar-refractivity contribution in [1.82, 2.24) is 24.4 Å². The highest BCUT2D eigenvalue weighted by Gasteiger charge is 2.32. The van der Waals surface area contributed by atoms with Gasteiger partial charge >= 0.3 is 0 Å². The molecular formula is C36H39FN6O3. The monoisotopic (exact) mass is 622 g/mol. The van der Waals surface area contributed by atoms with Gasteiger partial charge < -0.3 is 24.1 Å². The number of aromatic nitrogens is 4. The Balaban J connectivity index is 1.33. The van der Waals surface area contributed by atoms with Crippen LogP contribution in [0.4, 0.5) is 10.3 Å². The summed E-state index contributed by atoms with van der Waals surface area (Å²) in [5, 5.41) is 3.36. The second-order valence-corrected chi connectivity index (χ2v) is 11.3. The Morgan fingerprint density at radius 1 is 0.913 bits per heavy atom. The lowest BCUT2D eigenvalue weighted by Crippen LogP contribution is -2.32. The third-order valence-corrected chi connectivity index (χ3v) is 8.30. The maximum absolute atomic E-state index is 14.0. The molecule has 2 aromatic heterocycles. The van der Waals surface area contributed by atoms with Crippen molar-refractivity contribution in [2.45, 2.75) is 32.0 Å². The summed E-state index contributed by atoms with van der Waals surface area (Å²) in [5.41, 5.74) is 5.56. The Morgan fingerprint density at radius 2 is 1.72 bits per heavy atom. The van der Waals surface area contributed by atoms with Crippen molar-refractivity contribution < 1.29 is 18.6 Å². The van der Waals surface area contributed by atoms with E-state index in [9.17, 15) is 4.39 Å². The Kier molecular flexibility index (Phi) is 9.85. The first kappa shape index (κ1) is 31.2. The van der Waals surface area contributed by atoms with Gasteiger partial charge in [0.25, 0.3) is 0 Å². The molecule has 0 amide bonds. The second kappa shape index (κ2) is 14.5. The molecule has 0 spiro atoms. The molecule has 238 valence electrons. The summed E-state index contributed by atoms with van der Waals surface area (Å²) >= 11 is 0. The molecule has 0 aliphatic carbocycles. The third-order valence-electron chi connectivity index (χ3n) is 8.30. The maximum atomic E-state index is 14.0. The standard InChI is InChI=1S/C36H39FN6O3/c1-44-20-19-42(23-26-5-4-6-31(21-26)46-3)24-29-13-16-33-41-34(27-9-11-28(37)12-10-27)35(43(29)33)32-17-18-38-36(40-32)39-22-25-7-14-30(45-2)15-8-25/h4-12,14-15,17-18,21,29H,13,16,19-20,22-24H2,1-3H3,(H,38,39,40)/t29-/m0/s1. The molecule has 1 aliphatic rings. The number of hydrogen-bond acceptors (Lipinski definition) is 8. The number of aryl methyl sites for hydroxylation is 1. The lowest BCUT2D eigenvalue weighted by atomic mass is 10.1. The van der Waals surface area contributed by atoms with E-state index in [1.165, 1.54) is 17.7 Å². The van der Waals surface area contributed by atoms with Gasteiger partial charge in [-0.05, 0) is 72.1 Å². The third kappa shape index (κ3) is 7.19. The number of benzene rings is 3. The molecule has 0 bridgehead atoms. The Bertz CT molecular complexity index is 1740. The molecule has 0 fully saturated rings. The minimum Gasteiger partial charge on any atom is -0.497 e. The fourth-order valence-electron chi connectivity index (χ4n) is 5.98. The van der Waals surface area contributed by atoms with Gasteiger partial charge in [0.1, 0.15) is 23.1 Å². The number of imidazole rings is 1. The zero-order valence-electron chi connectivity index (χ0n) is 26.4. The fourth-order valence-corrected chi connectivity index (χ4v) is 5.98. The number of methoxy groups -OCH3 is 3. The molecule has 3 aromatic carbocycles. The van der Waals surface area contributed by atoms with Gasteiger partial charge in [0.15, 0.2) is 0 Å². The Hall–Kier alpha value is -4.80. The van der Waals surface area contributed by atoms with Crippen LogP contribution in [0.25, 0.3) is 22.6 Å². The van der Waals surface area contributed by atoms with E-state index in [1.807, 2.05) is 42.5 Å². The number of fused-ring (bicyclic) bond motifs is 1. The van der Waals surface area contributed by atoms with Crippen LogP contribution in [0.2, 0.25) is 0 Å². The second-order valence-electron chi connectivity index (χ2n) is 11.3. The van der Waals surface area contributed by atoms with Gasteiger partial charge in [0.05, 0.1) is 37.9 Å². The molecule has 1 aliphatic heterocycles. The number of hydrogen-bond donors (Lipinski definition) is 1. The minimum atomic E-state index is -0.284. The maximum Gasteiger partial charge on any atom is 0.223 e. The van der Waals surface area contributed by atoms with Crippen LogP contribution in [0.1, 0.15) is 29.4 Å². The average molecular weight is 623 g/mol. The van der Waals surface area contributed by atoms with Crippen molar-refractivity contribution in [3.63, 3.8) is 0 Å². The zero-order valence-corrected chi connectivity index (χ0v) is 26.4. The molecule has 1 atom stereocenters. The first-order valence-electron chi connectivity index (χ1n) is 15.5. The van der Waals surface area contributed by atoms with Crippen molar-refractivity contribution in [2.75, 3.05) is 46.3 Å². The molecule has 3 heterocycles. The summed E-state index contributed by atoms with van der Waals surface area (Å²) in [7, 11) is 5.08. The van der Waals surface area contributed by atoms with Crippen LogP contribution in [0, 0.1) is 5.82 Å². The highest BCUT2D eigenvalue weighted by atomic mass is 19.1. The van der Waals surface area contributed by atoms with Gasteiger partial charge in [-0.15, -0.1) is 0 Å². The van der Waals surface area contributed by atoms with Crippen LogP contribution in [-0.2, 0) is 24.2 Å². The number of halogens is 1. The van der Waals surface area contributed by atoms with Crippen molar-refractivity contribution >= 4 is 5.95 Å². The number of nitrogens with one attached hydrogen (secondary N) is 1. The molecule has 9 nitrogen and oxygen atoms in total. The van der Waals surface area contributed by atoms with Crippen LogP contribution in [0.3, 0.4) is 0 Å². The van der Waals surface area contributed by atoms with Gasteiger partial charge in [-0.2, -0.15) is 0 Å². The van der Waals surface area contributed by atoms with Gasteiger partial charge in [-0.1, -0.05) is 24.3 Å². The van der Waals surface area contributed by atoms with Gasteiger partial charge in [-0.3, -0.25) is 4.90 Å². The van der Waals surface area contributed by atoms with Gasteiger partial charge in [0, 0.05) is 57.5 Å².